The predicted octanol–water partition coefficient (Wildman–Crippen LogP) is 5.65. The van der Waals surface area contributed by atoms with E-state index in [-0.39, 0.29) is 5.56 Å². The van der Waals surface area contributed by atoms with Gasteiger partial charge in [0.25, 0.3) is 0 Å². The second kappa shape index (κ2) is 9.37. The minimum absolute atomic E-state index is 0.0498. The van der Waals surface area contributed by atoms with Crippen LogP contribution in [0.25, 0.3) is 28.5 Å². The third-order valence-electron chi connectivity index (χ3n) is 6.44. The summed E-state index contributed by atoms with van der Waals surface area (Å²) in [5.41, 5.74) is 8.58. The molecule has 0 radical (unpaired) electrons. The van der Waals surface area contributed by atoms with Crippen molar-refractivity contribution in [2.24, 2.45) is 14.1 Å². The normalized spacial score (nSPS) is 13.5. The third kappa shape index (κ3) is 4.83. The van der Waals surface area contributed by atoms with Crippen molar-refractivity contribution in [3.8, 4) is 28.3 Å². The number of pyridine rings is 2. The van der Waals surface area contributed by atoms with Crippen molar-refractivity contribution in [3.05, 3.63) is 93.7 Å². The van der Waals surface area contributed by atoms with Crippen LogP contribution in [-0.4, -0.2) is 19.3 Å². The molecule has 0 saturated heterocycles. The summed E-state index contributed by atoms with van der Waals surface area (Å²) in [5.74, 6) is 1.16. The summed E-state index contributed by atoms with van der Waals surface area (Å²) >= 11 is 0. The molecule has 0 spiro atoms. The Morgan fingerprint density at radius 1 is 1.06 bits per heavy atom. The van der Waals surface area contributed by atoms with E-state index < -0.39 is 0 Å². The first-order chi connectivity index (χ1) is 16.9. The largest absolute Gasteiger partial charge is 0.471 e. The first kappa shape index (κ1) is 22.8. The molecular weight excluding hydrogens is 436 g/mol. The number of hydrogen-bond donors (Lipinski definition) is 0. The van der Waals surface area contributed by atoms with E-state index in [2.05, 4.69) is 54.5 Å². The second-order valence-corrected chi connectivity index (χ2v) is 9.25. The van der Waals surface area contributed by atoms with E-state index >= 15 is 0 Å². The Hall–Kier alpha value is -3.93. The summed E-state index contributed by atoms with van der Waals surface area (Å²) in [7, 11) is 3.60. The van der Waals surface area contributed by atoms with E-state index in [9.17, 15) is 4.79 Å². The van der Waals surface area contributed by atoms with Crippen LogP contribution in [0.15, 0.2) is 65.7 Å². The van der Waals surface area contributed by atoms with Crippen molar-refractivity contribution < 1.29 is 4.74 Å². The Kier molecular flexibility index (Phi) is 6.12. The molecule has 0 aliphatic heterocycles. The minimum Gasteiger partial charge on any atom is -0.471 e. The van der Waals surface area contributed by atoms with E-state index in [1.165, 1.54) is 24.0 Å². The maximum absolute atomic E-state index is 11.8. The molecule has 1 aliphatic carbocycles. The summed E-state index contributed by atoms with van der Waals surface area (Å²) in [6.45, 7) is 4.52. The van der Waals surface area contributed by atoms with Crippen molar-refractivity contribution in [1.82, 2.24) is 19.3 Å². The maximum atomic E-state index is 11.8. The molecule has 1 saturated carbocycles. The molecule has 0 atom stereocenters. The van der Waals surface area contributed by atoms with Gasteiger partial charge in [-0.25, -0.2) is 0 Å². The smallest absolute Gasteiger partial charge is 0.250 e. The lowest BCUT2D eigenvalue weighted by atomic mass is 9.98. The van der Waals surface area contributed by atoms with Gasteiger partial charge in [0.15, 0.2) is 0 Å². The van der Waals surface area contributed by atoms with Crippen LogP contribution in [0.3, 0.4) is 0 Å². The number of aromatic nitrogens is 4. The fourth-order valence-electron chi connectivity index (χ4n) is 4.36. The highest BCUT2D eigenvalue weighted by Crippen LogP contribution is 2.44. The van der Waals surface area contributed by atoms with E-state index in [1.807, 2.05) is 20.2 Å². The molecular formula is C29H30N4O2. The molecule has 0 amide bonds. The molecule has 6 nitrogen and oxygen atoms in total. The zero-order valence-electron chi connectivity index (χ0n) is 20.7. The third-order valence-corrected chi connectivity index (χ3v) is 6.44. The van der Waals surface area contributed by atoms with Gasteiger partial charge in [0.1, 0.15) is 6.61 Å². The number of nitrogens with zero attached hydrogens (tertiary/aromatic N) is 4. The quantitative estimate of drug-likeness (QED) is 0.353. The van der Waals surface area contributed by atoms with Crippen molar-refractivity contribution in [1.29, 1.82) is 0 Å². The van der Waals surface area contributed by atoms with E-state index in [0.29, 0.717) is 18.4 Å². The van der Waals surface area contributed by atoms with Gasteiger partial charge in [-0.15, -0.1) is 5.10 Å². The van der Waals surface area contributed by atoms with Crippen LogP contribution in [-0.2, 0) is 20.7 Å². The lowest BCUT2D eigenvalue weighted by molar-refractivity contribution is 0.292. The van der Waals surface area contributed by atoms with E-state index in [4.69, 9.17) is 9.72 Å². The number of ether oxygens (including phenoxy) is 1. The highest BCUT2D eigenvalue weighted by atomic mass is 16.5. The summed E-state index contributed by atoms with van der Waals surface area (Å²) in [6, 6.07) is 14.1. The van der Waals surface area contributed by atoms with Crippen molar-refractivity contribution in [2.75, 3.05) is 0 Å². The van der Waals surface area contributed by atoms with Crippen LogP contribution >= 0.6 is 0 Å². The Labute approximate surface area is 205 Å². The van der Waals surface area contributed by atoms with E-state index in [1.54, 1.807) is 34.6 Å². The molecule has 1 aliphatic rings. The van der Waals surface area contributed by atoms with Crippen LogP contribution in [0.1, 0.15) is 48.1 Å². The number of benzene rings is 1. The van der Waals surface area contributed by atoms with Crippen molar-refractivity contribution in [3.63, 3.8) is 0 Å². The lowest BCUT2D eigenvalue weighted by Gasteiger charge is -2.13. The first-order valence-electron chi connectivity index (χ1n) is 12.0. The number of allylic oxidation sites excluding steroid dienone is 1. The Bertz CT molecular complexity index is 1460. The summed E-state index contributed by atoms with van der Waals surface area (Å²) < 4.78 is 9.39. The number of rotatable bonds is 7. The van der Waals surface area contributed by atoms with Crippen LogP contribution in [0.5, 0.6) is 5.88 Å². The van der Waals surface area contributed by atoms with Gasteiger partial charge in [-0.05, 0) is 61.4 Å². The highest BCUT2D eigenvalue weighted by molar-refractivity contribution is 5.69. The zero-order valence-corrected chi connectivity index (χ0v) is 20.7. The molecule has 0 N–H and O–H groups in total. The van der Waals surface area contributed by atoms with Crippen molar-refractivity contribution >= 4 is 6.08 Å². The second-order valence-electron chi connectivity index (χ2n) is 9.25. The summed E-state index contributed by atoms with van der Waals surface area (Å²) in [4.78, 5) is 16.8. The van der Waals surface area contributed by atoms with E-state index in [0.717, 1.165) is 33.6 Å². The highest BCUT2D eigenvalue weighted by Gasteiger charge is 2.28. The van der Waals surface area contributed by atoms with Crippen LogP contribution in [0.2, 0.25) is 0 Å². The fourth-order valence-corrected chi connectivity index (χ4v) is 4.36. The van der Waals surface area contributed by atoms with Gasteiger partial charge in [-0.1, -0.05) is 36.4 Å². The molecule has 4 aromatic rings. The number of aryl methyl sites for hydroxylation is 3. The van der Waals surface area contributed by atoms with Gasteiger partial charge in [0.05, 0.1) is 11.3 Å². The van der Waals surface area contributed by atoms with Gasteiger partial charge in [0.2, 0.25) is 11.4 Å². The Morgan fingerprint density at radius 3 is 2.49 bits per heavy atom. The number of hydrogen-bond acceptors (Lipinski definition) is 4. The first-order valence-corrected chi connectivity index (χ1v) is 12.0. The Morgan fingerprint density at radius 2 is 1.80 bits per heavy atom. The Balaban J connectivity index is 1.37. The van der Waals surface area contributed by atoms with Gasteiger partial charge < -0.3 is 9.30 Å². The zero-order chi connectivity index (χ0) is 24.5. The molecule has 5 rings (SSSR count). The van der Waals surface area contributed by atoms with Crippen LogP contribution in [0.4, 0.5) is 0 Å². The van der Waals surface area contributed by atoms with Crippen LogP contribution in [0, 0.1) is 6.92 Å². The molecule has 178 valence electrons. The molecule has 1 aromatic carbocycles. The molecule has 1 fully saturated rings. The van der Waals surface area contributed by atoms with Gasteiger partial charge >= 0.3 is 0 Å². The summed E-state index contributed by atoms with van der Waals surface area (Å²) in [5, 5.41) is 4.48. The monoisotopic (exact) mass is 466 g/mol. The molecule has 35 heavy (non-hydrogen) atoms. The maximum Gasteiger partial charge on any atom is 0.250 e. The molecule has 0 unspecified atom stereocenters. The molecule has 3 heterocycles. The van der Waals surface area contributed by atoms with Gasteiger partial charge in [-0.3, -0.25) is 14.5 Å². The SMILES string of the molecule is C/C=C\c1cc(C2CC2)c(-c2ccc(COc3nn(C)cc3-c3ccc(=O)n(C)c3)cc2)nc1C. The molecule has 6 heteroatoms. The standard InChI is InChI=1S/C29H30N4O2/c1-5-6-23-15-25(21-11-12-21)28(30-19(23)2)22-9-7-20(8-10-22)18-35-29-26(17-33(4)31-29)24-13-14-27(34)32(3)16-24/h5-10,13-17,21H,11-12,18H2,1-4H3/b6-5-. The average molecular weight is 467 g/mol. The minimum atomic E-state index is -0.0498. The topological polar surface area (TPSA) is 61.9 Å². The molecule has 0 bridgehead atoms. The molecule has 3 aromatic heterocycles. The van der Waals surface area contributed by atoms with Crippen molar-refractivity contribution in [2.45, 2.75) is 39.2 Å². The lowest BCUT2D eigenvalue weighted by Crippen LogP contribution is -2.13. The summed E-state index contributed by atoms with van der Waals surface area (Å²) in [6.07, 6.45) is 10.4. The average Bonchev–Trinajstić information content (AvgIpc) is 3.63. The fraction of sp³-hybridized carbons (Fsp3) is 0.276. The van der Waals surface area contributed by atoms with Gasteiger partial charge in [-0.2, -0.15) is 0 Å². The van der Waals surface area contributed by atoms with Gasteiger partial charge in [0, 0.05) is 49.4 Å². The predicted molar refractivity (Wildman–Crippen MR) is 139 cm³/mol. The van der Waals surface area contributed by atoms with Crippen LogP contribution < -0.4 is 10.3 Å².